The number of hydrogen-bond acceptors (Lipinski definition) is 4. The number of carbonyl (C=O) groups is 1. The van der Waals surface area contributed by atoms with Gasteiger partial charge in [0, 0.05) is 22.9 Å². The quantitative estimate of drug-likeness (QED) is 0.618. The number of rotatable bonds is 4. The van der Waals surface area contributed by atoms with Crippen molar-refractivity contribution in [3.05, 3.63) is 63.6 Å². The van der Waals surface area contributed by atoms with E-state index >= 15 is 0 Å². The highest BCUT2D eigenvalue weighted by atomic mass is 35.5. The fourth-order valence-electron chi connectivity index (χ4n) is 2.50. The van der Waals surface area contributed by atoms with E-state index in [0.717, 1.165) is 22.5 Å². The lowest BCUT2D eigenvalue weighted by Gasteiger charge is -2.19. The second kappa shape index (κ2) is 7.68. The van der Waals surface area contributed by atoms with E-state index in [1.54, 1.807) is 24.4 Å². The molecule has 0 radical (unpaired) electrons. The summed E-state index contributed by atoms with van der Waals surface area (Å²) in [5.74, 6) is 0.0439. The molecule has 2 aromatic carbocycles. The number of hydrazone groups is 2. The summed E-state index contributed by atoms with van der Waals surface area (Å²) in [6.45, 7) is 1.99. The normalized spacial score (nSPS) is 17.3. The number of halogens is 2. The van der Waals surface area contributed by atoms with Crippen molar-refractivity contribution in [3.63, 3.8) is 0 Å². The molecule has 7 heteroatoms. The number of nitrogens with one attached hydrogen (secondary N) is 2. The lowest BCUT2D eigenvalue weighted by Crippen LogP contribution is -2.31. The molecule has 128 valence electrons. The van der Waals surface area contributed by atoms with Crippen molar-refractivity contribution in [2.45, 2.75) is 13.3 Å². The number of anilines is 1. The first-order chi connectivity index (χ1) is 12.0. The van der Waals surface area contributed by atoms with Gasteiger partial charge in [0.2, 0.25) is 5.91 Å². The van der Waals surface area contributed by atoms with Gasteiger partial charge in [-0.05, 0) is 29.8 Å². The number of amides is 1. The van der Waals surface area contributed by atoms with E-state index in [9.17, 15) is 4.79 Å². The van der Waals surface area contributed by atoms with E-state index in [1.807, 2.05) is 31.2 Å². The average molecular weight is 375 g/mol. The lowest BCUT2D eigenvalue weighted by molar-refractivity contribution is -0.121. The molecule has 1 heterocycles. The summed E-state index contributed by atoms with van der Waals surface area (Å²) >= 11 is 12.0. The van der Waals surface area contributed by atoms with Crippen LogP contribution in [-0.4, -0.2) is 17.8 Å². The minimum absolute atomic E-state index is 0.0512. The second-order valence-electron chi connectivity index (χ2n) is 5.75. The van der Waals surface area contributed by atoms with Gasteiger partial charge in [0.1, 0.15) is 0 Å². The molecule has 2 N–H and O–H groups in total. The molecule has 1 aliphatic rings. The predicted molar refractivity (Wildman–Crippen MR) is 103 cm³/mol. The zero-order valence-electron chi connectivity index (χ0n) is 13.5. The van der Waals surface area contributed by atoms with Crippen LogP contribution in [0, 0.1) is 5.92 Å². The molecule has 0 aromatic heterocycles. The van der Waals surface area contributed by atoms with Gasteiger partial charge in [-0.3, -0.25) is 10.2 Å². The summed E-state index contributed by atoms with van der Waals surface area (Å²) in [4.78, 5) is 11.3. The van der Waals surface area contributed by atoms with Crippen LogP contribution in [-0.2, 0) is 4.79 Å². The molecule has 1 atom stereocenters. The molecular formula is C18H16Cl2N4O. The number of nitrogens with zero attached hydrogens (tertiary/aromatic N) is 2. The maximum Gasteiger partial charge on any atom is 0.240 e. The molecule has 0 spiro atoms. The molecule has 0 fully saturated rings. The van der Waals surface area contributed by atoms with Crippen LogP contribution in [0.3, 0.4) is 0 Å². The molecule has 25 heavy (non-hydrogen) atoms. The molecule has 0 bridgehead atoms. The standard InChI is InChI=1S/C18H16Cl2N4O/c1-11-8-17(25)23-24-18(11)12-3-6-15(7-4-12)22-21-10-13-2-5-14(19)9-16(13)20/h2-7,9-11,22H,8H2,1H3,(H,23,25)/b21-10+. The summed E-state index contributed by atoms with van der Waals surface area (Å²) in [7, 11) is 0. The van der Waals surface area contributed by atoms with Gasteiger partial charge >= 0.3 is 0 Å². The molecular weight excluding hydrogens is 359 g/mol. The zero-order chi connectivity index (χ0) is 17.8. The summed E-state index contributed by atoms with van der Waals surface area (Å²) in [5, 5.41) is 9.46. The van der Waals surface area contributed by atoms with Gasteiger partial charge in [-0.25, -0.2) is 5.43 Å². The maximum atomic E-state index is 11.3. The van der Waals surface area contributed by atoms with Crippen molar-refractivity contribution >= 4 is 46.7 Å². The van der Waals surface area contributed by atoms with Crippen LogP contribution in [0.4, 0.5) is 5.69 Å². The highest BCUT2D eigenvalue weighted by Gasteiger charge is 2.21. The third-order valence-electron chi connectivity index (χ3n) is 3.80. The minimum atomic E-state index is -0.0512. The van der Waals surface area contributed by atoms with Crippen LogP contribution < -0.4 is 10.9 Å². The van der Waals surface area contributed by atoms with E-state index in [0.29, 0.717) is 16.5 Å². The Morgan fingerprint density at radius 3 is 2.68 bits per heavy atom. The van der Waals surface area contributed by atoms with Gasteiger partial charge in [0.05, 0.1) is 22.6 Å². The first kappa shape index (κ1) is 17.5. The summed E-state index contributed by atoms with van der Waals surface area (Å²) in [6, 6.07) is 12.9. The van der Waals surface area contributed by atoms with Gasteiger partial charge in [0.25, 0.3) is 0 Å². The Morgan fingerprint density at radius 2 is 2.00 bits per heavy atom. The predicted octanol–water partition coefficient (Wildman–Crippen LogP) is 4.30. The van der Waals surface area contributed by atoms with Gasteiger partial charge < -0.3 is 0 Å². The van der Waals surface area contributed by atoms with Crippen LogP contribution >= 0.6 is 23.2 Å². The Labute approximate surface area is 155 Å². The van der Waals surface area contributed by atoms with Crippen molar-refractivity contribution in [2.75, 3.05) is 5.43 Å². The van der Waals surface area contributed by atoms with Gasteiger partial charge in [0.15, 0.2) is 0 Å². The van der Waals surface area contributed by atoms with Crippen molar-refractivity contribution in [3.8, 4) is 0 Å². The smallest absolute Gasteiger partial charge is 0.240 e. The highest BCUT2D eigenvalue weighted by molar-refractivity contribution is 6.36. The van der Waals surface area contributed by atoms with Crippen LogP contribution in [0.15, 0.2) is 52.7 Å². The van der Waals surface area contributed by atoms with Crippen LogP contribution in [0.5, 0.6) is 0 Å². The van der Waals surface area contributed by atoms with Gasteiger partial charge in [-0.1, -0.05) is 48.3 Å². The van der Waals surface area contributed by atoms with Crippen molar-refractivity contribution < 1.29 is 4.79 Å². The third kappa shape index (κ3) is 4.38. The molecule has 0 saturated carbocycles. The zero-order valence-corrected chi connectivity index (χ0v) is 15.0. The van der Waals surface area contributed by atoms with Crippen LogP contribution in [0.2, 0.25) is 10.0 Å². The molecule has 1 aliphatic heterocycles. The fourth-order valence-corrected chi connectivity index (χ4v) is 2.96. The summed E-state index contributed by atoms with van der Waals surface area (Å²) in [6.07, 6.45) is 2.08. The highest BCUT2D eigenvalue weighted by Crippen LogP contribution is 2.20. The Morgan fingerprint density at radius 1 is 1.24 bits per heavy atom. The molecule has 1 amide bonds. The van der Waals surface area contributed by atoms with E-state index < -0.39 is 0 Å². The molecule has 3 rings (SSSR count). The number of carbonyl (C=O) groups excluding carboxylic acids is 1. The van der Waals surface area contributed by atoms with Crippen LogP contribution in [0.1, 0.15) is 24.5 Å². The van der Waals surface area contributed by atoms with Gasteiger partial charge in [-0.15, -0.1) is 0 Å². The molecule has 2 aromatic rings. The Hall–Kier alpha value is -2.37. The molecule has 0 saturated heterocycles. The summed E-state index contributed by atoms with van der Waals surface area (Å²) < 4.78 is 0. The largest absolute Gasteiger partial charge is 0.279 e. The maximum absolute atomic E-state index is 11.3. The topological polar surface area (TPSA) is 65.8 Å². The molecule has 1 unspecified atom stereocenters. The Balaban J connectivity index is 1.67. The first-order valence-electron chi connectivity index (χ1n) is 7.74. The fraction of sp³-hybridized carbons (Fsp3) is 0.167. The SMILES string of the molecule is CC1CC(=O)NN=C1c1ccc(N/N=C/c2ccc(Cl)cc2Cl)cc1. The van der Waals surface area contributed by atoms with Crippen molar-refractivity contribution in [2.24, 2.45) is 16.1 Å². The van der Waals surface area contributed by atoms with E-state index in [2.05, 4.69) is 21.1 Å². The third-order valence-corrected chi connectivity index (χ3v) is 4.36. The van der Waals surface area contributed by atoms with E-state index in [1.165, 1.54) is 0 Å². The van der Waals surface area contributed by atoms with Gasteiger partial charge in [-0.2, -0.15) is 10.2 Å². The van der Waals surface area contributed by atoms with E-state index in [4.69, 9.17) is 23.2 Å². The Kier molecular flexibility index (Phi) is 5.36. The monoisotopic (exact) mass is 374 g/mol. The van der Waals surface area contributed by atoms with Crippen molar-refractivity contribution in [1.29, 1.82) is 0 Å². The van der Waals surface area contributed by atoms with Crippen molar-refractivity contribution in [1.82, 2.24) is 5.43 Å². The average Bonchev–Trinajstić information content (AvgIpc) is 2.58. The first-order valence-corrected chi connectivity index (χ1v) is 8.49. The Bertz CT molecular complexity index is 847. The molecule has 0 aliphatic carbocycles. The molecule has 5 nitrogen and oxygen atoms in total. The lowest BCUT2D eigenvalue weighted by atomic mass is 9.94. The minimum Gasteiger partial charge on any atom is -0.279 e. The summed E-state index contributed by atoms with van der Waals surface area (Å²) in [5.41, 5.74) is 8.94. The second-order valence-corrected chi connectivity index (χ2v) is 6.59. The van der Waals surface area contributed by atoms with Crippen LogP contribution in [0.25, 0.3) is 0 Å². The van der Waals surface area contributed by atoms with E-state index in [-0.39, 0.29) is 11.8 Å². The number of benzene rings is 2. The number of hydrogen-bond donors (Lipinski definition) is 2.